The minimum Gasteiger partial charge on any atom is -0.465 e. The van der Waals surface area contributed by atoms with Gasteiger partial charge in [0.1, 0.15) is 11.5 Å². The van der Waals surface area contributed by atoms with Crippen molar-refractivity contribution in [1.29, 1.82) is 0 Å². The van der Waals surface area contributed by atoms with Gasteiger partial charge in [-0.3, -0.25) is 10.2 Å². The molecule has 0 amide bonds. The number of benzene rings is 2. The first-order valence-electron chi connectivity index (χ1n) is 14.1. The first-order chi connectivity index (χ1) is 20.4. The molecule has 2 atom stereocenters. The average Bonchev–Trinajstić information content (AvgIpc) is 3.05. The first-order valence-corrected chi connectivity index (χ1v) is 18.9. The SMILES string of the molecule is COC(=O)c1ccc(OP2(Oc3ccc(C(=O)OC)cc3)=N[P@]34=N[P@@]5(=N2)NCCCN5CCCCN3CCCN4)cc1. The highest BCUT2D eigenvalue weighted by atomic mass is 31.3. The largest absolute Gasteiger partial charge is 0.465 e. The molecule has 2 N–H and O–H groups in total. The fourth-order valence-electron chi connectivity index (χ4n) is 5.35. The van der Waals surface area contributed by atoms with Gasteiger partial charge in [0.05, 0.1) is 25.3 Å². The summed E-state index contributed by atoms with van der Waals surface area (Å²) in [6.45, 7) is 5.11. The lowest BCUT2D eigenvalue weighted by Gasteiger charge is -2.45. The molecule has 2 fully saturated rings. The van der Waals surface area contributed by atoms with Crippen molar-refractivity contribution in [2.75, 3.05) is 53.5 Å². The lowest BCUT2D eigenvalue weighted by Crippen LogP contribution is -2.38. The Kier molecular flexibility index (Phi) is 8.63. The summed E-state index contributed by atoms with van der Waals surface area (Å²) in [5.41, 5.74) is 0.811. The quantitative estimate of drug-likeness (QED) is 0.289. The van der Waals surface area contributed by atoms with Crippen LogP contribution in [-0.2, 0) is 9.47 Å². The third-order valence-corrected chi connectivity index (χ3v) is 17.8. The van der Waals surface area contributed by atoms with Crippen LogP contribution < -0.4 is 19.2 Å². The Labute approximate surface area is 246 Å². The van der Waals surface area contributed by atoms with Gasteiger partial charge in [-0.2, -0.15) is 4.52 Å². The number of nitrogens with zero attached hydrogens (tertiary/aromatic N) is 5. The van der Waals surface area contributed by atoms with Gasteiger partial charge in [-0.25, -0.2) is 18.9 Å². The summed E-state index contributed by atoms with van der Waals surface area (Å²) in [5.74, 6) is 0.0666. The van der Waals surface area contributed by atoms with Crippen LogP contribution >= 0.6 is 22.7 Å². The summed E-state index contributed by atoms with van der Waals surface area (Å²) in [6, 6.07) is 13.4. The van der Waals surface area contributed by atoms with E-state index in [-0.39, 0.29) is 0 Å². The van der Waals surface area contributed by atoms with E-state index in [1.54, 1.807) is 48.5 Å². The normalized spacial score (nSPS) is 27.1. The monoisotopic (exact) mass is 635 g/mol. The zero-order chi connectivity index (χ0) is 29.2. The summed E-state index contributed by atoms with van der Waals surface area (Å²) in [6.07, 6.45) is 4.09. The van der Waals surface area contributed by atoms with E-state index in [1.807, 2.05) is 0 Å². The summed E-state index contributed by atoms with van der Waals surface area (Å²) in [7, 11) is -6.08. The van der Waals surface area contributed by atoms with Gasteiger partial charge in [0.15, 0.2) is 0 Å². The first kappa shape index (κ1) is 29.6. The Morgan fingerprint density at radius 1 is 0.643 bits per heavy atom. The topological polar surface area (TPSA) is 139 Å². The van der Waals surface area contributed by atoms with Crippen LogP contribution in [0.15, 0.2) is 62.1 Å². The van der Waals surface area contributed by atoms with Crippen molar-refractivity contribution in [1.82, 2.24) is 19.5 Å². The molecular weight excluding hydrogens is 599 g/mol. The highest BCUT2D eigenvalue weighted by Gasteiger charge is 2.48. The molecular formula is C26H36N7O6P3. The van der Waals surface area contributed by atoms with Crippen molar-refractivity contribution in [2.24, 2.45) is 13.5 Å². The second-order valence-electron chi connectivity index (χ2n) is 10.2. The third-order valence-electron chi connectivity index (χ3n) is 7.43. The van der Waals surface area contributed by atoms with E-state index in [4.69, 9.17) is 32.1 Å². The number of hydrogen-bond acceptors (Lipinski definition) is 13. The number of rotatable bonds is 6. The maximum atomic E-state index is 12.1. The maximum absolute atomic E-state index is 12.1. The van der Waals surface area contributed by atoms with E-state index in [9.17, 15) is 9.59 Å². The molecule has 2 aromatic rings. The van der Waals surface area contributed by atoms with Crippen molar-refractivity contribution in [3.63, 3.8) is 0 Å². The molecule has 2 saturated heterocycles. The molecule has 13 nitrogen and oxygen atoms in total. The highest BCUT2D eigenvalue weighted by molar-refractivity contribution is 7.82. The Bertz CT molecular complexity index is 1430. The highest BCUT2D eigenvalue weighted by Crippen LogP contribution is 2.78. The van der Waals surface area contributed by atoms with Crippen molar-refractivity contribution < 1.29 is 28.1 Å². The van der Waals surface area contributed by atoms with Crippen LogP contribution in [0.5, 0.6) is 11.5 Å². The number of ether oxygens (including phenoxy) is 2. The van der Waals surface area contributed by atoms with Gasteiger partial charge in [0.2, 0.25) is 15.0 Å². The van der Waals surface area contributed by atoms with Crippen molar-refractivity contribution in [3.8, 4) is 11.5 Å². The van der Waals surface area contributed by atoms with Crippen LogP contribution in [0.3, 0.4) is 0 Å². The van der Waals surface area contributed by atoms with E-state index >= 15 is 0 Å². The van der Waals surface area contributed by atoms with Crippen LogP contribution in [0.2, 0.25) is 0 Å². The molecule has 4 aliphatic rings. The fourth-order valence-corrected chi connectivity index (χ4v) is 17.9. The minimum atomic E-state index is -3.45. The van der Waals surface area contributed by atoms with Crippen LogP contribution in [0.1, 0.15) is 46.4 Å². The molecule has 4 aliphatic heterocycles. The molecule has 0 unspecified atom stereocenters. The Balaban J connectivity index is 1.53. The lowest BCUT2D eigenvalue weighted by atomic mass is 10.2. The van der Waals surface area contributed by atoms with Gasteiger partial charge in [0.25, 0.3) is 0 Å². The molecule has 16 heteroatoms. The minimum absolute atomic E-state index is 0.406. The van der Waals surface area contributed by atoms with Gasteiger partial charge < -0.3 is 18.5 Å². The summed E-state index contributed by atoms with van der Waals surface area (Å²) in [5, 5.41) is 7.46. The van der Waals surface area contributed by atoms with Crippen LogP contribution in [0.4, 0.5) is 0 Å². The Morgan fingerprint density at radius 2 is 1.07 bits per heavy atom. The van der Waals surface area contributed by atoms with Gasteiger partial charge in [-0.1, -0.05) is 0 Å². The number of esters is 2. The number of nitrogens with one attached hydrogen (secondary N) is 2. The molecule has 42 heavy (non-hydrogen) atoms. The summed E-state index contributed by atoms with van der Waals surface area (Å²) in [4.78, 5) is 24.2. The van der Waals surface area contributed by atoms with Gasteiger partial charge in [0, 0.05) is 39.3 Å². The molecule has 0 aromatic heterocycles. The zero-order valence-electron chi connectivity index (χ0n) is 23.7. The molecule has 4 heterocycles. The second-order valence-corrected chi connectivity index (χ2v) is 17.8. The lowest BCUT2D eigenvalue weighted by molar-refractivity contribution is 0.0592. The fraction of sp³-hybridized carbons (Fsp3) is 0.462. The predicted octanol–water partition coefficient (Wildman–Crippen LogP) is 5.95. The molecule has 0 saturated carbocycles. The van der Waals surface area contributed by atoms with Gasteiger partial charge in [-0.15, -0.1) is 9.03 Å². The smallest absolute Gasteiger partial charge is 0.454 e. The predicted molar refractivity (Wildman–Crippen MR) is 162 cm³/mol. The molecule has 2 bridgehead atoms. The number of carbonyl (C=O) groups is 2. The standard InChI is InChI=1S/C26H36N7O6P3/c1-36-25(34)21-7-11-23(12-8-21)38-42(39-24-13-9-22(10-14-24)26(35)37-2)30-40-27-15-5-19-32(40)17-3-4-18-33-20-6-16-28-41(33,29-40)31-42/h7-14,27-28H,3-6,15-20H2,1-2H3/t40-,41+. The summed E-state index contributed by atoms with van der Waals surface area (Å²) < 4.78 is 44.4. The van der Waals surface area contributed by atoms with Crippen molar-refractivity contribution in [3.05, 3.63) is 59.7 Å². The Morgan fingerprint density at radius 3 is 1.52 bits per heavy atom. The van der Waals surface area contributed by atoms with Crippen LogP contribution in [-0.4, -0.2) is 74.8 Å². The summed E-state index contributed by atoms with van der Waals surface area (Å²) >= 11 is 0. The third kappa shape index (κ3) is 5.84. The Hall–Kier alpha value is -2.49. The maximum Gasteiger partial charge on any atom is 0.454 e. The van der Waals surface area contributed by atoms with Crippen LogP contribution in [0, 0.1) is 0 Å². The molecule has 0 aliphatic carbocycles. The average molecular weight is 636 g/mol. The van der Waals surface area contributed by atoms with E-state index < -0.39 is 34.6 Å². The number of carbonyl (C=O) groups excluding carboxylic acids is 2. The number of methoxy groups -OCH3 is 2. The van der Waals surface area contributed by atoms with E-state index in [2.05, 4.69) is 19.5 Å². The van der Waals surface area contributed by atoms with Crippen LogP contribution in [0.25, 0.3) is 0 Å². The zero-order valence-corrected chi connectivity index (χ0v) is 26.4. The number of hydrogen-bond donors (Lipinski definition) is 2. The van der Waals surface area contributed by atoms with E-state index in [1.165, 1.54) is 14.2 Å². The molecule has 226 valence electrons. The van der Waals surface area contributed by atoms with Crippen molar-refractivity contribution >= 4 is 34.6 Å². The molecule has 6 rings (SSSR count). The van der Waals surface area contributed by atoms with Gasteiger partial charge >= 0.3 is 19.6 Å². The van der Waals surface area contributed by atoms with Crippen molar-refractivity contribution in [2.45, 2.75) is 25.7 Å². The molecule has 2 spiro atoms. The van der Waals surface area contributed by atoms with E-state index in [0.717, 1.165) is 65.0 Å². The van der Waals surface area contributed by atoms with Gasteiger partial charge in [-0.05, 0) is 74.2 Å². The molecule has 2 aromatic carbocycles. The van der Waals surface area contributed by atoms with E-state index in [0.29, 0.717) is 22.6 Å². The second kappa shape index (κ2) is 12.2. The molecule has 0 radical (unpaired) electrons.